The zero-order chi connectivity index (χ0) is 14.5. The molecule has 2 rings (SSSR count). The molecule has 3 nitrogen and oxygen atoms in total. The molecule has 3 N–H and O–H groups in total. The van der Waals surface area contributed by atoms with Gasteiger partial charge in [-0.1, -0.05) is 35.9 Å². The number of methoxy groups -OCH3 is 1. The Kier molecular flexibility index (Phi) is 5.01. The predicted octanol–water partition coefficient (Wildman–Crippen LogP) is 3.40. The van der Waals surface area contributed by atoms with Crippen LogP contribution in [-0.4, -0.2) is 7.11 Å². The molecule has 0 heterocycles. The fourth-order valence-electron chi connectivity index (χ4n) is 2.13. The molecule has 2 aromatic carbocycles. The van der Waals surface area contributed by atoms with E-state index in [4.69, 9.17) is 22.2 Å². The van der Waals surface area contributed by atoms with Crippen molar-refractivity contribution in [3.05, 3.63) is 64.2 Å². The summed E-state index contributed by atoms with van der Waals surface area (Å²) in [5.41, 5.74) is 6.15. The topological polar surface area (TPSA) is 47.3 Å². The van der Waals surface area contributed by atoms with Crippen molar-refractivity contribution in [2.75, 3.05) is 7.11 Å². The number of nitrogens with two attached hydrogens (primary N) is 1. The van der Waals surface area contributed by atoms with E-state index in [1.807, 2.05) is 43.3 Å². The van der Waals surface area contributed by atoms with E-state index in [1.54, 1.807) is 7.11 Å². The van der Waals surface area contributed by atoms with Crippen LogP contribution in [0.2, 0.25) is 5.02 Å². The Balaban J connectivity index is 2.21. The molecule has 2 aromatic rings. The standard InChI is InChI=1S/C16H19ClN2O/c1-11-6-7-13(10-15(11)17)16(19-18)9-12-4-3-5-14(8-12)20-2/h3-8,10,16,19H,9,18H2,1-2H3. The van der Waals surface area contributed by atoms with Crippen LogP contribution in [0.1, 0.15) is 22.7 Å². The van der Waals surface area contributed by atoms with E-state index >= 15 is 0 Å². The number of nitrogens with one attached hydrogen (secondary N) is 1. The smallest absolute Gasteiger partial charge is 0.119 e. The van der Waals surface area contributed by atoms with Gasteiger partial charge in [0.25, 0.3) is 0 Å². The summed E-state index contributed by atoms with van der Waals surface area (Å²) in [4.78, 5) is 0. The lowest BCUT2D eigenvalue weighted by atomic mass is 9.98. The number of hydrogen-bond donors (Lipinski definition) is 2. The molecule has 0 bridgehead atoms. The number of rotatable bonds is 5. The highest BCUT2D eigenvalue weighted by Crippen LogP contribution is 2.24. The minimum Gasteiger partial charge on any atom is -0.497 e. The van der Waals surface area contributed by atoms with Gasteiger partial charge in [0.05, 0.1) is 13.2 Å². The maximum atomic E-state index is 6.18. The quantitative estimate of drug-likeness (QED) is 0.655. The molecule has 0 amide bonds. The summed E-state index contributed by atoms with van der Waals surface area (Å²) in [6.45, 7) is 1.99. The lowest BCUT2D eigenvalue weighted by molar-refractivity contribution is 0.414. The summed E-state index contributed by atoms with van der Waals surface area (Å²) in [7, 11) is 1.66. The Morgan fingerprint density at radius 1 is 1.25 bits per heavy atom. The third kappa shape index (κ3) is 3.51. The van der Waals surface area contributed by atoms with Crippen LogP contribution in [0.3, 0.4) is 0 Å². The minimum absolute atomic E-state index is 0.0141. The third-order valence-corrected chi connectivity index (χ3v) is 3.78. The lowest BCUT2D eigenvalue weighted by Crippen LogP contribution is -2.29. The second-order valence-corrected chi connectivity index (χ2v) is 5.19. The SMILES string of the molecule is COc1cccc(CC(NN)c2ccc(C)c(Cl)c2)c1. The molecule has 0 radical (unpaired) electrons. The zero-order valence-electron chi connectivity index (χ0n) is 11.7. The molecule has 0 aromatic heterocycles. The Morgan fingerprint density at radius 3 is 2.70 bits per heavy atom. The van der Waals surface area contributed by atoms with Crippen molar-refractivity contribution in [1.82, 2.24) is 5.43 Å². The van der Waals surface area contributed by atoms with Crippen molar-refractivity contribution < 1.29 is 4.74 Å². The van der Waals surface area contributed by atoms with Gasteiger partial charge in [0.15, 0.2) is 0 Å². The van der Waals surface area contributed by atoms with Crippen molar-refractivity contribution in [2.24, 2.45) is 5.84 Å². The number of benzene rings is 2. The van der Waals surface area contributed by atoms with Crippen LogP contribution < -0.4 is 16.0 Å². The van der Waals surface area contributed by atoms with Gasteiger partial charge in [-0.3, -0.25) is 11.3 Å². The van der Waals surface area contributed by atoms with Crippen molar-refractivity contribution in [2.45, 2.75) is 19.4 Å². The first-order valence-corrected chi connectivity index (χ1v) is 6.87. The van der Waals surface area contributed by atoms with Crippen LogP contribution in [0.25, 0.3) is 0 Å². The molecule has 1 unspecified atom stereocenters. The fourth-order valence-corrected chi connectivity index (χ4v) is 2.32. The van der Waals surface area contributed by atoms with E-state index in [1.165, 1.54) is 0 Å². The highest BCUT2D eigenvalue weighted by atomic mass is 35.5. The molecule has 0 saturated carbocycles. The van der Waals surface area contributed by atoms with E-state index in [2.05, 4.69) is 11.5 Å². The maximum Gasteiger partial charge on any atom is 0.119 e. The van der Waals surface area contributed by atoms with Gasteiger partial charge in [-0.05, 0) is 48.2 Å². The summed E-state index contributed by atoms with van der Waals surface area (Å²) >= 11 is 6.18. The molecule has 20 heavy (non-hydrogen) atoms. The fraction of sp³-hybridized carbons (Fsp3) is 0.250. The van der Waals surface area contributed by atoms with Crippen LogP contribution >= 0.6 is 11.6 Å². The third-order valence-electron chi connectivity index (χ3n) is 3.37. The molecule has 0 aliphatic heterocycles. The molecule has 4 heteroatoms. The van der Waals surface area contributed by atoms with Gasteiger partial charge < -0.3 is 4.74 Å². The van der Waals surface area contributed by atoms with Gasteiger partial charge in [-0.2, -0.15) is 0 Å². The molecular weight excluding hydrogens is 272 g/mol. The molecule has 0 spiro atoms. The van der Waals surface area contributed by atoms with Crippen LogP contribution in [-0.2, 0) is 6.42 Å². The highest BCUT2D eigenvalue weighted by molar-refractivity contribution is 6.31. The molecule has 0 aliphatic rings. The summed E-state index contributed by atoms with van der Waals surface area (Å²) in [6, 6.07) is 14.0. The summed E-state index contributed by atoms with van der Waals surface area (Å²) in [5.74, 6) is 6.53. The lowest BCUT2D eigenvalue weighted by Gasteiger charge is -2.17. The first kappa shape index (κ1) is 14.9. The van der Waals surface area contributed by atoms with E-state index in [0.717, 1.165) is 33.9 Å². The van der Waals surface area contributed by atoms with E-state index in [9.17, 15) is 0 Å². The molecule has 0 fully saturated rings. The normalized spacial score (nSPS) is 12.2. The number of aryl methyl sites for hydroxylation is 1. The van der Waals surface area contributed by atoms with Crippen molar-refractivity contribution in [1.29, 1.82) is 0 Å². The van der Waals surface area contributed by atoms with Gasteiger partial charge >= 0.3 is 0 Å². The van der Waals surface area contributed by atoms with E-state index < -0.39 is 0 Å². The average molecular weight is 291 g/mol. The van der Waals surface area contributed by atoms with Crippen molar-refractivity contribution in [3.63, 3.8) is 0 Å². The molecule has 0 saturated heterocycles. The number of halogens is 1. The predicted molar refractivity (Wildman–Crippen MR) is 83.0 cm³/mol. The van der Waals surface area contributed by atoms with Crippen LogP contribution in [0.5, 0.6) is 5.75 Å². The summed E-state index contributed by atoms with van der Waals surface area (Å²) in [5, 5.41) is 0.758. The maximum absolute atomic E-state index is 6.18. The number of hydrazine groups is 1. The van der Waals surface area contributed by atoms with Gasteiger partial charge in [0.1, 0.15) is 5.75 Å². The first-order valence-electron chi connectivity index (χ1n) is 6.49. The monoisotopic (exact) mass is 290 g/mol. The highest BCUT2D eigenvalue weighted by Gasteiger charge is 2.12. The average Bonchev–Trinajstić information content (AvgIpc) is 2.48. The number of ether oxygens (including phenoxy) is 1. The largest absolute Gasteiger partial charge is 0.497 e. The molecule has 106 valence electrons. The van der Waals surface area contributed by atoms with Crippen LogP contribution in [0.15, 0.2) is 42.5 Å². The summed E-state index contributed by atoms with van der Waals surface area (Å²) in [6.07, 6.45) is 0.771. The van der Waals surface area contributed by atoms with Crippen LogP contribution in [0, 0.1) is 6.92 Å². The van der Waals surface area contributed by atoms with Gasteiger partial charge in [-0.25, -0.2) is 0 Å². The van der Waals surface area contributed by atoms with E-state index in [-0.39, 0.29) is 6.04 Å². The van der Waals surface area contributed by atoms with E-state index in [0.29, 0.717) is 0 Å². The number of hydrogen-bond acceptors (Lipinski definition) is 3. The van der Waals surface area contributed by atoms with Crippen molar-refractivity contribution in [3.8, 4) is 5.75 Å². The minimum atomic E-state index is 0.0141. The van der Waals surface area contributed by atoms with Gasteiger partial charge in [0.2, 0.25) is 0 Å². The summed E-state index contributed by atoms with van der Waals surface area (Å²) < 4.78 is 5.24. The Bertz CT molecular complexity index is 586. The first-order chi connectivity index (χ1) is 9.63. The van der Waals surface area contributed by atoms with Crippen LogP contribution in [0.4, 0.5) is 0 Å². The molecule has 1 atom stereocenters. The Labute approximate surface area is 124 Å². The molecule has 0 aliphatic carbocycles. The van der Waals surface area contributed by atoms with Gasteiger partial charge in [0, 0.05) is 5.02 Å². The second kappa shape index (κ2) is 6.75. The Morgan fingerprint density at radius 2 is 2.05 bits per heavy atom. The Hall–Kier alpha value is -1.55. The second-order valence-electron chi connectivity index (χ2n) is 4.78. The van der Waals surface area contributed by atoms with Crippen molar-refractivity contribution >= 4 is 11.6 Å². The van der Waals surface area contributed by atoms with Gasteiger partial charge in [-0.15, -0.1) is 0 Å². The zero-order valence-corrected chi connectivity index (χ0v) is 12.4. The molecular formula is C16H19ClN2O.